The molecule has 0 fully saturated rings. The first-order chi connectivity index (χ1) is 11.9. The molecule has 1 aliphatic rings. The van der Waals surface area contributed by atoms with Crippen LogP contribution in [0.5, 0.6) is 0 Å². The molecule has 0 atom stereocenters. The number of rotatable bonds is 3. The predicted octanol–water partition coefficient (Wildman–Crippen LogP) is 4.53. The zero-order valence-electron chi connectivity index (χ0n) is 12.9. The fourth-order valence-electron chi connectivity index (χ4n) is 3.45. The Hall–Kier alpha value is -2.66. The van der Waals surface area contributed by atoms with Crippen molar-refractivity contribution < 1.29 is 4.42 Å². The average Bonchev–Trinajstić information content (AvgIpc) is 3.33. The largest absolute Gasteiger partial charge is 0.464 e. The summed E-state index contributed by atoms with van der Waals surface area (Å²) in [6.45, 7) is 0. The summed E-state index contributed by atoms with van der Waals surface area (Å²) in [7, 11) is 0. The number of aromatic nitrogens is 2. The first-order valence-corrected chi connectivity index (χ1v) is 8.86. The van der Waals surface area contributed by atoms with E-state index in [0.717, 1.165) is 40.2 Å². The van der Waals surface area contributed by atoms with Crippen LogP contribution in [-0.2, 0) is 12.8 Å². The number of thiophene rings is 1. The molecular formula is C19H15N3OS. The highest BCUT2D eigenvalue weighted by atomic mass is 32.1. The van der Waals surface area contributed by atoms with Gasteiger partial charge in [0.2, 0.25) is 0 Å². The van der Waals surface area contributed by atoms with Gasteiger partial charge >= 0.3 is 0 Å². The van der Waals surface area contributed by atoms with Crippen LogP contribution >= 0.6 is 11.3 Å². The molecule has 1 aliphatic carbocycles. The van der Waals surface area contributed by atoms with Gasteiger partial charge in [-0.2, -0.15) is 0 Å². The van der Waals surface area contributed by atoms with Crippen molar-refractivity contribution in [3.63, 3.8) is 0 Å². The van der Waals surface area contributed by atoms with E-state index >= 15 is 0 Å². The fraction of sp³-hybridized carbons (Fsp3) is 0.158. The van der Waals surface area contributed by atoms with E-state index in [0.29, 0.717) is 6.04 Å². The van der Waals surface area contributed by atoms with Crippen molar-refractivity contribution in [1.82, 2.24) is 9.97 Å². The Morgan fingerprint density at radius 3 is 2.62 bits per heavy atom. The Labute approximate surface area is 143 Å². The van der Waals surface area contributed by atoms with E-state index in [2.05, 4.69) is 44.9 Å². The van der Waals surface area contributed by atoms with Gasteiger partial charge in [-0.05, 0) is 36.1 Å². The lowest BCUT2D eigenvalue weighted by Gasteiger charge is -2.14. The van der Waals surface area contributed by atoms with E-state index in [1.807, 2.05) is 12.1 Å². The summed E-state index contributed by atoms with van der Waals surface area (Å²) in [6.07, 6.45) is 5.39. The Morgan fingerprint density at radius 1 is 1.04 bits per heavy atom. The molecular weight excluding hydrogens is 318 g/mol. The van der Waals surface area contributed by atoms with Gasteiger partial charge in [0.05, 0.1) is 11.6 Å². The van der Waals surface area contributed by atoms with Crippen LogP contribution in [0.4, 0.5) is 5.82 Å². The maximum atomic E-state index is 5.58. The zero-order chi connectivity index (χ0) is 15.9. The molecule has 4 nitrogen and oxygen atoms in total. The molecule has 4 aromatic rings. The quantitative estimate of drug-likeness (QED) is 0.598. The first kappa shape index (κ1) is 13.7. The molecule has 0 bridgehead atoms. The summed E-state index contributed by atoms with van der Waals surface area (Å²) in [5.74, 6) is 1.75. The Bertz CT molecular complexity index is 982. The molecule has 118 valence electrons. The van der Waals surface area contributed by atoms with Crippen LogP contribution in [0.25, 0.3) is 21.5 Å². The third-order valence-electron chi connectivity index (χ3n) is 4.55. The molecule has 1 aromatic carbocycles. The number of furan rings is 1. The molecule has 0 aliphatic heterocycles. The van der Waals surface area contributed by atoms with Crippen molar-refractivity contribution in [1.29, 1.82) is 0 Å². The normalized spacial score (nSPS) is 14.2. The molecule has 5 heteroatoms. The molecule has 0 unspecified atom stereocenters. The van der Waals surface area contributed by atoms with Crippen molar-refractivity contribution in [2.24, 2.45) is 0 Å². The van der Waals surface area contributed by atoms with E-state index in [-0.39, 0.29) is 0 Å². The number of hydrogen-bond acceptors (Lipinski definition) is 5. The highest BCUT2D eigenvalue weighted by Crippen LogP contribution is 2.37. The lowest BCUT2D eigenvalue weighted by molar-refractivity contribution is 0.583. The number of anilines is 1. The highest BCUT2D eigenvalue weighted by Gasteiger charge is 2.23. The molecule has 0 radical (unpaired) electrons. The summed E-state index contributed by atoms with van der Waals surface area (Å²) in [5.41, 5.74) is 3.91. The minimum Gasteiger partial charge on any atom is -0.464 e. The van der Waals surface area contributed by atoms with Crippen molar-refractivity contribution in [3.05, 3.63) is 65.5 Å². The number of nitrogens with one attached hydrogen (secondary N) is 1. The van der Waals surface area contributed by atoms with Gasteiger partial charge in [-0.15, -0.1) is 11.3 Å². The van der Waals surface area contributed by atoms with Gasteiger partial charge in [-0.25, -0.2) is 9.97 Å². The van der Waals surface area contributed by atoms with Gasteiger partial charge in [0.15, 0.2) is 0 Å². The SMILES string of the molecule is c1coc(-c2csc3ncnc(NC4Cc5ccccc5C4)c23)c1. The van der Waals surface area contributed by atoms with E-state index in [1.54, 1.807) is 23.9 Å². The van der Waals surface area contributed by atoms with Crippen LogP contribution in [0.15, 0.2) is 58.8 Å². The third kappa shape index (κ3) is 2.20. The maximum absolute atomic E-state index is 5.58. The number of hydrogen-bond donors (Lipinski definition) is 1. The molecule has 0 saturated heterocycles. The Morgan fingerprint density at radius 2 is 1.88 bits per heavy atom. The van der Waals surface area contributed by atoms with Crippen LogP contribution in [0.2, 0.25) is 0 Å². The van der Waals surface area contributed by atoms with E-state index < -0.39 is 0 Å². The number of nitrogens with zero attached hydrogens (tertiary/aromatic N) is 2. The van der Waals surface area contributed by atoms with Crippen molar-refractivity contribution in [2.45, 2.75) is 18.9 Å². The Balaban J connectivity index is 1.53. The van der Waals surface area contributed by atoms with Crippen LogP contribution in [0.1, 0.15) is 11.1 Å². The summed E-state index contributed by atoms with van der Waals surface area (Å²) >= 11 is 1.62. The summed E-state index contributed by atoms with van der Waals surface area (Å²) < 4.78 is 5.58. The second kappa shape index (κ2) is 5.46. The number of benzene rings is 1. The Kier molecular flexibility index (Phi) is 3.13. The van der Waals surface area contributed by atoms with E-state index in [4.69, 9.17) is 4.42 Å². The topological polar surface area (TPSA) is 51.0 Å². The molecule has 3 aromatic heterocycles. The second-order valence-electron chi connectivity index (χ2n) is 6.05. The monoisotopic (exact) mass is 333 g/mol. The first-order valence-electron chi connectivity index (χ1n) is 7.98. The van der Waals surface area contributed by atoms with Crippen molar-refractivity contribution >= 4 is 27.4 Å². The van der Waals surface area contributed by atoms with Crippen LogP contribution in [0.3, 0.4) is 0 Å². The minimum atomic E-state index is 0.366. The lowest BCUT2D eigenvalue weighted by atomic mass is 10.1. The van der Waals surface area contributed by atoms with Crippen molar-refractivity contribution in [2.75, 3.05) is 5.32 Å². The highest BCUT2D eigenvalue weighted by molar-refractivity contribution is 7.17. The summed E-state index contributed by atoms with van der Waals surface area (Å²) in [5, 5.41) is 6.77. The van der Waals surface area contributed by atoms with Gasteiger partial charge in [0.25, 0.3) is 0 Å². The molecule has 0 saturated carbocycles. The van der Waals surface area contributed by atoms with E-state index in [9.17, 15) is 0 Å². The number of fused-ring (bicyclic) bond motifs is 2. The lowest BCUT2D eigenvalue weighted by Crippen LogP contribution is -2.20. The van der Waals surface area contributed by atoms with E-state index in [1.165, 1.54) is 11.1 Å². The fourth-order valence-corrected chi connectivity index (χ4v) is 4.35. The van der Waals surface area contributed by atoms with Gasteiger partial charge < -0.3 is 9.73 Å². The predicted molar refractivity (Wildman–Crippen MR) is 96.4 cm³/mol. The van der Waals surface area contributed by atoms with Gasteiger partial charge in [-0.1, -0.05) is 24.3 Å². The standard InChI is InChI=1S/C19H15N3OS/c1-2-5-13-9-14(8-12(13)4-1)22-18-17-15(16-6-3-7-23-16)10-24-19(17)21-11-20-18/h1-7,10-11,14H,8-9H2,(H,20,21,22). The summed E-state index contributed by atoms with van der Waals surface area (Å²) in [6, 6.07) is 12.9. The smallest absolute Gasteiger partial charge is 0.139 e. The average molecular weight is 333 g/mol. The molecule has 0 amide bonds. The molecule has 1 N–H and O–H groups in total. The third-order valence-corrected chi connectivity index (χ3v) is 5.44. The maximum Gasteiger partial charge on any atom is 0.139 e. The van der Waals surface area contributed by atoms with Gasteiger partial charge in [0, 0.05) is 17.0 Å². The molecule has 5 rings (SSSR count). The zero-order valence-corrected chi connectivity index (χ0v) is 13.7. The van der Waals surface area contributed by atoms with Gasteiger partial charge in [0.1, 0.15) is 22.7 Å². The van der Waals surface area contributed by atoms with Crippen LogP contribution < -0.4 is 5.32 Å². The van der Waals surface area contributed by atoms with Gasteiger partial charge in [-0.3, -0.25) is 0 Å². The summed E-state index contributed by atoms with van der Waals surface area (Å²) in [4.78, 5) is 9.91. The second-order valence-corrected chi connectivity index (χ2v) is 6.91. The molecule has 24 heavy (non-hydrogen) atoms. The minimum absolute atomic E-state index is 0.366. The van der Waals surface area contributed by atoms with Crippen molar-refractivity contribution in [3.8, 4) is 11.3 Å². The van der Waals surface area contributed by atoms with Crippen LogP contribution in [-0.4, -0.2) is 16.0 Å². The molecule has 3 heterocycles. The van der Waals surface area contributed by atoms with Crippen LogP contribution in [0, 0.1) is 0 Å². The molecule has 0 spiro atoms.